The number of phenolic OH excluding ortho intramolecular Hbond substituents is 1. The smallest absolute Gasteiger partial charge is 0.414 e. The van der Waals surface area contributed by atoms with Gasteiger partial charge in [-0.05, 0) is 29.8 Å². The Morgan fingerprint density at radius 2 is 1.68 bits per heavy atom. The van der Waals surface area contributed by atoms with Crippen LogP contribution in [0.3, 0.4) is 0 Å². The average Bonchev–Trinajstić information content (AvgIpc) is 2.56. The van der Waals surface area contributed by atoms with Crippen LogP contribution in [-0.4, -0.2) is 75.9 Å². The second-order valence-electron chi connectivity index (χ2n) is 4.38. The number of aliphatic hydroxyl groups excluding tert-OH is 1. The number of hydrazone groups is 1. The molecule has 0 bridgehead atoms. The Hall–Kier alpha value is -3.18. The summed E-state index contributed by atoms with van der Waals surface area (Å²) in [4.78, 5) is 29.4. The number of nitrogens with one attached hydrogen (secondary N) is 1. The number of aliphatic hydroxyl groups is 1. The molecule has 1 aromatic carbocycles. The standard InChI is InChI=1S/C12H18N4O3.C2H2O4/c13-12(19)16(7-5-14-6-8-17)15-9-10-1-3-11(18)4-2-10;3-1(4)2(5)6/h1-4,9,14,17-18H,5-8H2,(H2,13,19);(H,3,4)(H,5,6)/b15-9-;. The van der Waals surface area contributed by atoms with Crippen molar-refractivity contribution in [3.8, 4) is 5.75 Å². The molecule has 0 aliphatic carbocycles. The van der Waals surface area contributed by atoms with E-state index < -0.39 is 18.0 Å². The van der Waals surface area contributed by atoms with Crippen molar-refractivity contribution in [3.05, 3.63) is 29.8 Å². The molecule has 0 aliphatic rings. The molecule has 0 unspecified atom stereocenters. The maximum Gasteiger partial charge on any atom is 0.414 e. The van der Waals surface area contributed by atoms with E-state index in [1.165, 1.54) is 18.3 Å². The number of primary amides is 1. The minimum Gasteiger partial charge on any atom is -0.508 e. The van der Waals surface area contributed by atoms with Crippen LogP contribution < -0.4 is 11.1 Å². The van der Waals surface area contributed by atoms with Crippen molar-refractivity contribution in [2.75, 3.05) is 26.2 Å². The summed E-state index contributed by atoms with van der Waals surface area (Å²) in [5, 5.41) is 40.5. The van der Waals surface area contributed by atoms with Crippen molar-refractivity contribution in [1.29, 1.82) is 0 Å². The number of carboxylic acid groups (broad SMARTS) is 2. The van der Waals surface area contributed by atoms with E-state index in [0.29, 0.717) is 19.6 Å². The molecule has 0 heterocycles. The van der Waals surface area contributed by atoms with Gasteiger partial charge in [0.25, 0.3) is 0 Å². The Balaban J connectivity index is 0.000000823. The van der Waals surface area contributed by atoms with Gasteiger partial charge < -0.3 is 31.5 Å². The molecular formula is C14H20N4O7. The van der Waals surface area contributed by atoms with Gasteiger partial charge in [0.2, 0.25) is 0 Å². The Morgan fingerprint density at radius 1 is 1.12 bits per heavy atom. The number of rotatable bonds is 7. The molecule has 0 spiro atoms. The summed E-state index contributed by atoms with van der Waals surface area (Å²) in [6, 6.07) is 5.74. The molecule has 0 saturated heterocycles. The van der Waals surface area contributed by atoms with Crippen molar-refractivity contribution in [1.82, 2.24) is 10.3 Å². The molecule has 0 radical (unpaired) electrons. The molecule has 2 amide bonds. The highest BCUT2D eigenvalue weighted by molar-refractivity contribution is 6.27. The summed E-state index contributed by atoms with van der Waals surface area (Å²) in [5.41, 5.74) is 5.94. The van der Waals surface area contributed by atoms with Gasteiger partial charge in [0.15, 0.2) is 0 Å². The van der Waals surface area contributed by atoms with Gasteiger partial charge >= 0.3 is 18.0 Å². The fourth-order valence-electron chi connectivity index (χ4n) is 1.31. The summed E-state index contributed by atoms with van der Waals surface area (Å²) >= 11 is 0. The van der Waals surface area contributed by atoms with Gasteiger partial charge in [0.05, 0.1) is 19.4 Å². The van der Waals surface area contributed by atoms with E-state index in [0.717, 1.165) is 10.6 Å². The van der Waals surface area contributed by atoms with Gasteiger partial charge in [0.1, 0.15) is 5.75 Å². The quantitative estimate of drug-likeness (QED) is 0.153. The number of amides is 2. The van der Waals surface area contributed by atoms with E-state index in [9.17, 15) is 4.79 Å². The lowest BCUT2D eigenvalue weighted by atomic mass is 10.2. The summed E-state index contributed by atoms with van der Waals surface area (Å²) in [6.45, 7) is 1.28. The first-order chi connectivity index (χ1) is 11.8. The van der Waals surface area contributed by atoms with Crippen LogP contribution in [0.1, 0.15) is 5.56 Å². The summed E-state index contributed by atoms with van der Waals surface area (Å²) in [5.74, 6) is -3.48. The molecule has 1 aromatic rings. The predicted octanol–water partition coefficient (Wildman–Crippen LogP) is -1.16. The van der Waals surface area contributed by atoms with Gasteiger partial charge in [-0.3, -0.25) is 0 Å². The molecule has 0 atom stereocenters. The number of aliphatic carboxylic acids is 2. The molecule has 1 rings (SSSR count). The summed E-state index contributed by atoms with van der Waals surface area (Å²) in [6.07, 6.45) is 1.48. The van der Waals surface area contributed by atoms with Crippen molar-refractivity contribution in [2.24, 2.45) is 10.8 Å². The Morgan fingerprint density at radius 3 is 2.12 bits per heavy atom. The second-order valence-corrected chi connectivity index (χ2v) is 4.38. The van der Waals surface area contributed by atoms with Gasteiger partial charge in [-0.1, -0.05) is 0 Å². The van der Waals surface area contributed by atoms with Gasteiger partial charge in [-0.15, -0.1) is 0 Å². The van der Waals surface area contributed by atoms with E-state index in [-0.39, 0.29) is 12.4 Å². The Kier molecular flexibility index (Phi) is 10.7. The maximum absolute atomic E-state index is 11.2. The van der Waals surface area contributed by atoms with Gasteiger partial charge in [-0.2, -0.15) is 5.10 Å². The average molecular weight is 356 g/mol. The fourth-order valence-corrected chi connectivity index (χ4v) is 1.31. The maximum atomic E-state index is 11.2. The zero-order chi connectivity index (χ0) is 19.2. The number of benzene rings is 1. The number of nitrogens with zero attached hydrogens (tertiary/aromatic N) is 2. The van der Waals surface area contributed by atoms with Crippen LogP contribution in [0.4, 0.5) is 4.79 Å². The first kappa shape index (κ1) is 21.8. The number of carbonyl (C=O) groups excluding carboxylic acids is 1. The van der Waals surface area contributed by atoms with Gasteiger partial charge in [-0.25, -0.2) is 19.4 Å². The molecule has 0 fully saturated rings. The Bertz CT molecular complexity index is 577. The molecule has 0 aromatic heterocycles. The second kappa shape index (κ2) is 12.3. The monoisotopic (exact) mass is 356 g/mol. The van der Waals surface area contributed by atoms with E-state index in [1.54, 1.807) is 12.1 Å². The lowest BCUT2D eigenvalue weighted by Crippen LogP contribution is -2.37. The molecule has 11 nitrogen and oxygen atoms in total. The third-order valence-electron chi connectivity index (χ3n) is 2.47. The van der Waals surface area contributed by atoms with Crippen molar-refractivity contribution in [3.63, 3.8) is 0 Å². The van der Waals surface area contributed by atoms with Crippen LogP contribution in [0.25, 0.3) is 0 Å². The first-order valence-electron chi connectivity index (χ1n) is 6.95. The van der Waals surface area contributed by atoms with Crippen LogP contribution in [-0.2, 0) is 9.59 Å². The van der Waals surface area contributed by atoms with Crippen LogP contribution in [0, 0.1) is 0 Å². The third kappa shape index (κ3) is 11.1. The molecule has 0 saturated carbocycles. The van der Waals surface area contributed by atoms with Crippen molar-refractivity contribution >= 4 is 24.2 Å². The molecule has 11 heteroatoms. The lowest BCUT2D eigenvalue weighted by Gasteiger charge is -2.14. The Labute approximate surface area is 143 Å². The molecule has 0 aliphatic heterocycles. The van der Waals surface area contributed by atoms with Crippen LogP contribution in [0.2, 0.25) is 0 Å². The number of carboxylic acids is 2. The minimum atomic E-state index is -1.82. The highest BCUT2D eigenvalue weighted by atomic mass is 16.4. The van der Waals surface area contributed by atoms with E-state index in [4.69, 9.17) is 35.7 Å². The fraction of sp³-hybridized carbons (Fsp3) is 0.286. The first-order valence-corrected chi connectivity index (χ1v) is 6.95. The lowest BCUT2D eigenvalue weighted by molar-refractivity contribution is -0.159. The third-order valence-corrected chi connectivity index (χ3v) is 2.47. The number of urea groups is 1. The number of carbonyl (C=O) groups is 3. The van der Waals surface area contributed by atoms with E-state index in [2.05, 4.69) is 10.4 Å². The molecule has 25 heavy (non-hydrogen) atoms. The number of phenols is 1. The van der Waals surface area contributed by atoms with Gasteiger partial charge in [0, 0.05) is 13.1 Å². The normalized spacial score (nSPS) is 9.96. The van der Waals surface area contributed by atoms with Crippen LogP contribution >= 0.6 is 0 Å². The zero-order valence-corrected chi connectivity index (χ0v) is 13.2. The summed E-state index contributed by atoms with van der Waals surface area (Å²) < 4.78 is 0. The molecule has 138 valence electrons. The number of hydrogen-bond donors (Lipinski definition) is 6. The van der Waals surface area contributed by atoms with Crippen LogP contribution in [0.15, 0.2) is 29.4 Å². The zero-order valence-electron chi connectivity index (χ0n) is 13.2. The van der Waals surface area contributed by atoms with E-state index in [1.807, 2.05) is 0 Å². The minimum absolute atomic E-state index is 0.0351. The predicted molar refractivity (Wildman–Crippen MR) is 87.2 cm³/mol. The molecule has 7 N–H and O–H groups in total. The SMILES string of the molecule is NC(=O)N(CCNCCO)/N=C\c1ccc(O)cc1.O=C(O)C(=O)O. The number of nitrogens with two attached hydrogens (primary N) is 1. The van der Waals surface area contributed by atoms with E-state index >= 15 is 0 Å². The molecular weight excluding hydrogens is 336 g/mol. The highest BCUT2D eigenvalue weighted by Crippen LogP contribution is 2.07. The van der Waals surface area contributed by atoms with Crippen LogP contribution in [0.5, 0.6) is 5.75 Å². The van der Waals surface area contributed by atoms with Crippen molar-refractivity contribution < 1.29 is 34.8 Å². The summed E-state index contributed by atoms with van der Waals surface area (Å²) in [7, 11) is 0. The number of hydrogen-bond acceptors (Lipinski definition) is 7. The topological polar surface area (TPSA) is 186 Å². The highest BCUT2D eigenvalue weighted by Gasteiger charge is 2.06. The van der Waals surface area contributed by atoms with Crippen molar-refractivity contribution in [2.45, 2.75) is 0 Å². The number of aromatic hydroxyl groups is 1. The largest absolute Gasteiger partial charge is 0.508 e.